The summed E-state index contributed by atoms with van der Waals surface area (Å²) in [6, 6.07) is 3.64. The number of aromatic nitrogens is 1. The van der Waals surface area contributed by atoms with Crippen LogP contribution in [-0.2, 0) is 9.59 Å². The molecular formula is C20H22FN5O5S. The summed E-state index contributed by atoms with van der Waals surface area (Å²) >= 11 is 1.11. The number of hydrogen-bond acceptors (Lipinski definition) is 8. The molecule has 0 radical (unpaired) electrons. The highest BCUT2D eigenvalue weighted by Gasteiger charge is 2.27. The maximum Gasteiger partial charge on any atom is 0.355 e. The Bertz CT molecular complexity index is 1040. The predicted octanol–water partition coefficient (Wildman–Crippen LogP) is 1.59. The third-order valence-electron chi connectivity index (χ3n) is 4.91. The first-order valence-corrected chi connectivity index (χ1v) is 10.6. The van der Waals surface area contributed by atoms with Crippen molar-refractivity contribution in [2.45, 2.75) is 19.3 Å². The van der Waals surface area contributed by atoms with Crippen LogP contribution < -0.4 is 20.7 Å². The van der Waals surface area contributed by atoms with Crippen LogP contribution in [0.3, 0.4) is 0 Å². The zero-order chi connectivity index (χ0) is 23.3. The Kier molecular flexibility index (Phi) is 7.36. The van der Waals surface area contributed by atoms with Crippen LogP contribution in [0.15, 0.2) is 24.4 Å². The number of rotatable bonds is 8. The number of nitrogens with zero attached hydrogens (tertiary/aromatic N) is 2. The van der Waals surface area contributed by atoms with Gasteiger partial charge in [-0.15, -0.1) is 0 Å². The average Bonchev–Trinajstić information content (AvgIpc) is 3.25. The van der Waals surface area contributed by atoms with Crippen molar-refractivity contribution in [2.24, 2.45) is 11.7 Å². The van der Waals surface area contributed by atoms with Gasteiger partial charge in [-0.05, 0) is 31.0 Å². The Balaban J connectivity index is 1.54. The summed E-state index contributed by atoms with van der Waals surface area (Å²) in [5, 5.41) is 19.2. The third-order valence-corrected chi connectivity index (χ3v) is 5.95. The molecule has 1 aromatic heterocycles. The number of carbonyl (C=O) groups excluding carboxylic acids is 2. The van der Waals surface area contributed by atoms with E-state index in [9.17, 15) is 18.8 Å². The van der Waals surface area contributed by atoms with E-state index in [4.69, 9.17) is 21.0 Å². The third kappa shape index (κ3) is 5.78. The maximum absolute atomic E-state index is 14.1. The largest absolute Gasteiger partial charge is 0.481 e. The van der Waals surface area contributed by atoms with Gasteiger partial charge < -0.3 is 25.8 Å². The molecule has 0 unspecified atom stereocenters. The molecule has 2 heterocycles. The molecule has 3 rings (SSSR count). The summed E-state index contributed by atoms with van der Waals surface area (Å²) in [7, 11) is 0. The number of aliphatic carboxylic acids is 1. The van der Waals surface area contributed by atoms with Crippen molar-refractivity contribution in [1.82, 2.24) is 10.3 Å². The lowest BCUT2D eigenvalue weighted by Crippen LogP contribution is -2.41. The van der Waals surface area contributed by atoms with E-state index in [1.807, 2.05) is 4.90 Å². The molecule has 2 aromatic rings. The number of ether oxygens (including phenoxy) is 1. The minimum atomic E-state index is -0.964. The lowest BCUT2D eigenvalue weighted by atomic mass is 9.96. The summed E-state index contributed by atoms with van der Waals surface area (Å²) in [5.74, 6) is -3.46. The second kappa shape index (κ2) is 10.2. The smallest absolute Gasteiger partial charge is 0.355 e. The molecule has 0 atom stereocenters. The predicted molar refractivity (Wildman–Crippen MR) is 115 cm³/mol. The van der Waals surface area contributed by atoms with Crippen LogP contribution >= 0.6 is 11.3 Å². The first-order valence-electron chi connectivity index (χ1n) is 9.81. The van der Waals surface area contributed by atoms with Gasteiger partial charge in [0.2, 0.25) is 5.91 Å². The van der Waals surface area contributed by atoms with Crippen LogP contribution in [0.2, 0.25) is 0 Å². The molecule has 170 valence electrons. The lowest BCUT2D eigenvalue weighted by Gasteiger charge is -2.30. The molecule has 32 heavy (non-hydrogen) atoms. The first kappa shape index (κ1) is 23.1. The molecule has 0 saturated carbocycles. The van der Waals surface area contributed by atoms with Crippen LogP contribution in [0.25, 0.3) is 0 Å². The molecule has 1 amide bonds. The molecule has 1 aromatic carbocycles. The number of nitrogens with one attached hydrogen (secondary N) is 2. The van der Waals surface area contributed by atoms with Crippen molar-refractivity contribution >= 4 is 40.1 Å². The molecule has 1 aliphatic heterocycles. The van der Waals surface area contributed by atoms with Gasteiger partial charge in [0.25, 0.3) is 0 Å². The molecule has 5 N–H and O–H groups in total. The molecule has 0 bridgehead atoms. The Labute approximate surface area is 186 Å². The van der Waals surface area contributed by atoms with E-state index in [1.165, 1.54) is 18.3 Å². The highest BCUT2D eigenvalue weighted by Crippen LogP contribution is 2.29. The molecule has 1 fully saturated rings. The molecule has 10 nitrogen and oxygen atoms in total. The Morgan fingerprint density at radius 3 is 2.69 bits per heavy atom. The van der Waals surface area contributed by atoms with E-state index in [-0.39, 0.29) is 46.8 Å². The normalized spacial score (nSPS) is 14.1. The number of hydrogen-bond donors (Lipinski definition) is 4. The van der Waals surface area contributed by atoms with Crippen LogP contribution in [0.5, 0.6) is 5.75 Å². The second-order valence-corrected chi connectivity index (χ2v) is 8.16. The van der Waals surface area contributed by atoms with Gasteiger partial charge in [0.1, 0.15) is 10.7 Å². The van der Waals surface area contributed by atoms with E-state index in [1.54, 1.807) is 0 Å². The summed E-state index contributed by atoms with van der Waals surface area (Å²) in [4.78, 5) is 41.4. The summed E-state index contributed by atoms with van der Waals surface area (Å²) in [6.07, 6.45) is 2.39. The highest BCUT2D eigenvalue weighted by molar-refractivity contribution is 7.17. The van der Waals surface area contributed by atoms with Gasteiger partial charge >= 0.3 is 11.9 Å². The number of anilines is 1. The van der Waals surface area contributed by atoms with Gasteiger partial charge in [-0.25, -0.2) is 14.2 Å². The number of carboxylic acid groups (broad SMARTS) is 1. The average molecular weight is 463 g/mol. The van der Waals surface area contributed by atoms with Gasteiger partial charge in [0, 0.05) is 31.1 Å². The second-order valence-electron chi connectivity index (χ2n) is 7.15. The van der Waals surface area contributed by atoms with E-state index in [0.717, 1.165) is 17.4 Å². The molecule has 1 saturated heterocycles. The van der Waals surface area contributed by atoms with Crippen LogP contribution in [0.4, 0.5) is 9.52 Å². The Morgan fingerprint density at radius 2 is 2.06 bits per heavy atom. The molecule has 12 heteroatoms. The van der Waals surface area contributed by atoms with Gasteiger partial charge in [-0.2, -0.15) is 0 Å². The zero-order valence-electron chi connectivity index (χ0n) is 17.0. The highest BCUT2D eigenvalue weighted by atomic mass is 32.1. The maximum atomic E-state index is 14.1. The fraction of sp³-hybridized carbons (Fsp3) is 0.350. The number of thiazole rings is 1. The monoisotopic (exact) mass is 463 g/mol. The molecule has 0 aliphatic carbocycles. The van der Waals surface area contributed by atoms with Crippen molar-refractivity contribution in [3.8, 4) is 5.75 Å². The van der Waals surface area contributed by atoms with Crippen molar-refractivity contribution < 1.29 is 28.6 Å². The topological polar surface area (TPSA) is 159 Å². The number of nitrogens with two attached hydrogens (primary N) is 1. The van der Waals surface area contributed by atoms with E-state index in [2.05, 4.69) is 10.3 Å². The van der Waals surface area contributed by atoms with Gasteiger partial charge in [0.15, 0.2) is 16.7 Å². The number of piperidine rings is 1. The summed E-state index contributed by atoms with van der Waals surface area (Å²) in [6.45, 7) is 1.21. The first-order chi connectivity index (χ1) is 15.2. The summed E-state index contributed by atoms with van der Waals surface area (Å²) in [5.41, 5.74) is 5.49. The van der Waals surface area contributed by atoms with E-state index >= 15 is 0 Å². The van der Waals surface area contributed by atoms with Crippen molar-refractivity contribution in [3.63, 3.8) is 0 Å². The Morgan fingerprint density at radius 1 is 1.34 bits per heavy atom. The van der Waals surface area contributed by atoms with Gasteiger partial charge in [-0.1, -0.05) is 11.3 Å². The number of esters is 1. The Hall–Kier alpha value is -3.54. The number of nitrogen functional groups attached to an aromatic ring is 1. The lowest BCUT2D eigenvalue weighted by molar-refractivity contribution is -0.137. The van der Waals surface area contributed by atoms with E-state index in [0.29, 0.717) is 31.1 Å². The van der Waals surface area contributed by atoms with Crippen LogP contribution in [0, 0.1) is 17.1 Å². The zero-order valence-corrected chi connectivity index (χ0v) is 17.8. The SMILES string of the molecule is N=C(N)c1ccc(OC(=O)c2cnc(N3CCC(C(=O)NCCC(=O)O)CC3)s2)c(F)c1. The quantitative estimate of drug-likeness (QED) is 0.199. The number of carbonyl (C=O) groups is 3. The number of amidine groups is 1. The number of halogens is 1. The standard InChI is InChI=1S/C20H22FN5O5S/c21-13-9-12(17(22)23)1-2-14(13)31-19(30)15-10-25-20(32-15)26-7-4-11(5-8-26)18(29)24-6-3-16(27)28/h1-2,9-11H,3-8H2,(H3,22,23)(H,24,29)(H,27,28). The van der Waals surface area contributed by atoms with Gasteiger partial charge in [0.05, 0.1) is 12.6 Å². The minimum Gasteiger partial charge on any atom is -0.481 e. The summed E-state index contributed by atoms with van der Waals surface area (Å²) < 4.78 is 19.2. The van der Waals surface area contributed by atoms with Crippen molar-refractivity contribution in [2.75, 3.05) is 24.5 Å². The van der Waals surface area contributed by atoms with Crippen molar-refractivity contribution in [3.05, 3.63) is 40.7 Å². The van der Waals surface area contributed by atoms with Crippen molar-refractivity contribution in [1.29, 1.82) is 5.41 Å². The number of carboxylic acids is 1. The fourth-order valence-electron chi connectivity index (χ4n) is 3.18. The number of amides is 1. The fourth-order valence-corrected chi connectivity index (χ4v) is 4.02. The van der Waals surface area contributed by atoms with Crippen LogP contribution in [0.1, 0.15) is 34.5 Å². The van der Waals surface area contributed by atoms with E-state index < -0.39 is 17.8 Å². The minimum absolute atomic E-state index is 0.102. The molecule has 0 spiro atoms. The van der Waals surface area contributed by atoms with Gasteiger partial charge in [-0.3, -0.25) is 15.0 Å². The molecule has 1 aliphatic rings. The number of benzene rings is 1. The van der Waals surface area contributed by atoms with Crippen LogP contribution in [-0.4, -0.2) is 53.4 Å². The molecular weight excluding hydrogens is 441 g/mol.